The molecule has 1 heterocycles. The van der Waals surface area contributed by atoms with E-state index >= 15 is 0 Å². The van der Waals surface area contributed by atoms with Crippen LogP contribution in [-0.2, 0) is 6.42 Å². The first-order valence-electron chi connectivity index (χ1n) is 4.53. The van der Waals surface area contributed by atoms with Crippen molar-refractivity contribution in [2.24, 2.45) is 0 Å². The molecule has 0 atom stereocenters. The second-order valence-electron chi connectivity index (χ2n) is 3.24. The Kier molecular flexibility index (Phi) is 2.19. The van der Waals surface area contributed by atoms with Crippen LogP contribution in [0, 0.1) is 0 Å². The van der Waals surface area contributed by atoms with Gasteiger partial charge in [-0.25, -0.2) is 4.98 Å². The lowest BCUT2D eigenvalue weighted by Crippen LogP contribution is -1.88. The summed E-state index contributed by atoms with van der Waals surface area (Å²) in [5, 5.41) is 0. The van der Waals surface area contributed by atoms with Gasteiger partial charge in [-0.2, -0.15) is 0 Å². The molecule has 2 heteroatoms. The number of rotatable bonds is 3. The van der Waals surface area contributed by atoms with E-state index in [9.17, 15) is 0 Å². The number of nitrogens with one attached hydrogen (secondary N) is 1. The second-order valence-corrected chi connectivity index (χ2v) is 3.24. The maximum Gasteiger partial charge on any atom is 0.111 e. The van der Waals surface area contributed by atoms with E-state index < -0.39 is 0 Å². The number of nitrogens with zero attached hydrogens (tertiary/aromatic N) is 1. The Hall–Kier alpha value is -1.83. The fraction of sp³-hybridized carbons (Fsp3) is 0.0833. The molecule has 0 spiro atoms. The fourth-order valence-electron chi connectivity index (χ4n) is 1.38. The lowest BCUT2D eigenvalue weighted by atomic mass is 10.2. The van der Waals surface area contributed by atoms with Crippen molar-refractivity contribution in [1.29, 1.82) is 0 Å². The summed E-state index contributed by atoms with van der Waals surface area (Å²) in [5.74, 6) is 0.941. The largest absolute Gasteiger partial charge is 0.342 e. The van der Waals surface area contributed by atoms with Gasteiger partial charge in [-0.1, -0.05) is 31.4 Å². The third-order valence-corrected chi connectivity index (χ3v) is 2.12. The summed E-state index contributed by atoms with van der Waals surface area (Å²) < 4.78 is 0. The van der Waals surface area contributed by atoms with Gasteiger partial charge in [0.25, 0.3) is 0 Å². The van der Waals surface area contributed by atoms with Crippen molar-refractivity contribution < 1.29 is 0 Å². The zero-order valence-electron chi connectivity index (χ0n) is 7.96. The van der Waals surface area contributed by atoms with Crippen LogP contribution in [0.4, 0.5) is 0 Å². The SMILES string of the molecule is C=CC(=C)Cc1nc2ccccc2[nH]1. The van der Waals surface area contributed by atoms with E-state index in [-0.39, 0.29) is 0 Å². The molecule has 0 bridgehead atoms. The first kappa shape index (κ1) is 8.75. The molecule has 1 N–H and O–H groups in total. The van der Waals surface area contributed by atoms with Crippen LogP contribution >= 0.6 is 0 Å². The van der Waals surface area contributed by atoms with Gasteiger partial charge in [0.05, 0.1) is 11.0 Å². The average Bonchev–Trinajstić information content (AvgIpc) is 2.59. The monoisotopic (exact) mass is 184 g/mol. The Labute approximate surface area is 83.0 Å². The van der Waals surface area contributed by atoms with Crippen LogP contribution in [0.1, 0.15) is 5.82 Å². The molecule has 0 radical (unpaired) electrons. The van der Waals surface area contributed by atoms with Gasteiger partial charge in [-0.15, -0.1) is 0 Å². The molecule has 2 aromatic rings. The number of imidazole rings is 1. The maximum absolute atomic E-state index is 4.44. The highest BCUT2D eigenvalue weighted by Crippen LogP contribution is 2.12. The highest BCUT2D eigenvalue weighted by molar-refractivity contribution is 5.74. The van der Waals surface area contributed by atoms with Crippen LogP contribution in [0.5, 0.6) is 0 Å². The Balaban J connectivity index is 2.35. The molecule has 2 nitrogen and oxygen atoms in total. The second kappa shape index (κ2) is 3.50. The van der Waals surface area contributed by atoms with Gasteiger partial charge in [0.15, 0.2) is 0 Å². The fourth-order valence-corrected chi connectivity index (χ4v) is 1.38. The van der Waals surface area contributed by atoms with Crippen LogP contribution in [0.15, 0.2) is 49.1 Å². The molecular weight excluding hydrogens is 172 g/mol. The van der Waals surface area contributed by atoms with E-state index in [1.54, 1.807) is 6.08 Å². The van der Waals surface area contributed by atoms with Crippen LogP contribution < -0.4 is 0 Å². The van der Waals surface area contributed by atoms with E-state index in [0.29, 0.717) is 0 Å². The molecule has 0 aliphatic rings. The van der Waals surface area contributed by atoms with Crippen LogP contribution in [-0.4, -0.2) is 9.97 Å². The first-order valence-corrected chi connectivity index (χ1v) is 4.53. The van der Waals surface area contributed by atoms with Crippen molar-refractivity contribution in [2.75, 3.05) is 0 Å². The topological polar surface area (TPSA) is 28.7 Å². The van der Waals surface area contributed by atoms with Crippen LogP contribution in [0.25, 0.3) is 11.0 Å². The van der Waals surface area contributed by atoms with Gasteiger partial charge in [0.2, 0.25) is 0 Å². The van der Waals surface area contributed by atoms with Crippen molar-refractivity contribution >= 4 is 11.0 Å². The van der Waals surface area contributed by atoms with Crippen molar-refractivity contribution in [1.82, 2.24) is 9.97 Å². The normalized spacial score (nSPS) is 10.3. The maximum atomic E-state index is 4.44. The van der Waals surface area contributed by atoms with E-state index in [1.807, 2.05) is 24.3 Å². The van der Waals surface area contributed by atoms with Crippen LogP contribution in [0.3, 0.4) is 0 Å². The molecule has 14 heavy (non-hydrogen) atoms. The molecule has 0 saturated heterocycles. The Morgan fingerprint density at radius 2 is 2.21 bits per heavy atom. The van der Waals surface area contributed by atoms with E-state index in [4.69, 9.17) is 0 Å². The summed E-state index contributed by atoms with van der Waals surface area (Å²) in [4.78, 5) is 7.68. The molecular formula is C12H12N2. The van der Waals surface area contributed by atoms with Gasteiger partial charge in [0, 0.05) is 6.42 Å². The molecule has 0 saturated carbocycles. The average molecular weight is 184 g/mol. The van der Waals surface area contributed by atoms with Gasteiger partial charge >= 0.3 is 0 Å². The molecule has 70 valence electrons. The van der Waals surface area contributed by atoms with Crippen molar-refractivity contribution in [3.8, 4) is 0 Å². The van der Waals surface area contributed by atoms with Gasteiger partial charge < -0.3 is 4.98 Å². The van der Waals surface area contributed by atoms with Crippen molar-refractivity contribution in [2.45, 2.75) is 6.42 Å². The van der Waals surface area contributed by atoms with Gasteiger partial charge in [-0.3, -0.25) is 0 Å². The molecule has 2 rings (SSSR count). The number of aromatic nitrogens is 2. The molecule has 0 aliphatic carbocycles. The summed E-state index contributed by atoms with van der Waals surface area (Å²) in [6.07, 6.45) is 2.49. The number of benzene rings is 1. The molecule has 0 unspecified atom stereocenters. The number of hydrogen-bond acceptors (Lipinski definition) is 1. The first-order chi connectivity index (χ1) is 6.79. The van der Waals surface area contributed by atoms with Crippen LogP contribution in [0.2, 0.25) is 0 Å². The minimum absolute atomic E-state index is 0.734. The summed E-state index contributed by atoms with van der Waals surface area (Å²) >= 11 is 0. The highest BCUT2D eigenvalue weighted by Gasteiger charge is 2.01. The van der Waals surface area contributed by atoms with E-state index in [2.05, 4.69) is 23.1 Å². The number of para-hydroxylation sites is 2. The summed E-state index contributed by atoms with van der Waals surface area (Å²) in [6, 6.07) is 7.98. The third-order valence-electron chi connectivity index (χ3n) is 2.12. The van der Waals surface area contributed by atoms with Crippen molar-refractivity contribution in [3.05, 3.63) is 54.9 Å². The standard InChI is InChI=1S/C12H12N2/c1-3-9(2)8-12-13-10-6-4-5-7-11(10)14-12/h3-7H,1-2,8H2,(H,13,14). The minimum Gasteiger partial charge on any atom is -0.342 e. The predicted molar refractivity (Wildman–Crippen MR) is 59.1 cm³/mol. The Bertz CT molecular complexity index is 447. The molecule has 1 aromatic heterocycles. The smallest absolute Gasteiger partial charge is 0.111 e. The number of allylic oxidation sites excluding steroid dienone is 2. The van der Waals surface area contributed by atoms with Crippen molar-refractivity contribution in [3.63, 3.8) is 0 Å². The zero-order chi connectivity index (χ0) is 9.97. The Morgan fingerprint density at radius 1 is 1.43 bits per heavy atom. The number of H-pyrrole nitrogens is 1. The minimum atomic E-state index is 0.734. The predicted octanol–water partition coefficient (Wildman–Crippen LogP) is 2.85. The highest BCUT2D eigenvalue weighted by atomic mass is 14.9. The van der Waals surface area contributed by atoms with E-state index in [1.165, 1.54) is 0 Å². The molecule has 0 aliphatic heterocycles. The number of fused-ring (bicyclic) bond motifs is 1. The third kappa shape index (κ3) is 1.59. The molecule has 0 amide bonds. The summed E-state index contributed by atoms with van der Waals surface area (Å²) in [6.45, 7) is 7.53. The number of hydrogen-bond donors (Lipinski definition) is 1. The summed E-state index contributed by atoms with van der Waals surface area (Å²) in [7, 11) is 0. The quantitative estimate of drug-likeness (QED) is 0.730. The summed E-state index contributed by atoms with van der Waals surface area (Å²) in [5.41, 5.74) is 3.04. The van der Waals surface area contributed by atoms with Gasteiger partial charge in [0.1, 0.15) is 5.82 Å². The molecule has 1 aromatic carbocycles. The number of aromatic amines is 1. The lowest BCUT2D eigenvalue weighted by molar-refractivity contribution is 1.04. The van der Waals surface area contributed by atoms with Gasteiger partial charge in [-0.05, 0) is 17.7 Å². The lowest BCUT2D eigenvalue weighted by Gasteiger charge is -1.93. The Morgan fingerprint density at radius 3 is 2.93 bits per heavy atom. The molecule has 0 fully saturated rings. The zero-order valence-corrected chi connectivity index (χ0v) is 7.96. The van der Waals surface area contributed by atoms with E-state index in [0.717, 1.165) is 28.9 Å².